The molecule has 6 nitrogen and oxygen atoms in total. The van der Waals surface area contributed by atoms with Crippen LogP contribution >= 0.6 is 0 Å². The van der Waals surface area contributed by atoms with Crippen LogP contribution in [-0.4, -0.2) is 60.4 Å². The van der Waals surface area contributed by atoms with E-state index in [-0.39, 0.29) is 25.2 Å². The average molecular weight is 229 g/mol. The molecular formula is C10H15NO5. The van der Waals surface area contributed by atoms with Crippen LogP contribution in [0.15, 0.2) is 0 Å². The number of carboxylic acid groups (broad SMARTS) is 1. The molecule has 1 unspecified atom stereocenters. The third-order valence-corrected chi connectivity index (χ3v) is 2.86. The summed E-state index contributed by atoms with van der Waals surface area (Å²) < 4.78 is 10.3. The van der Waals surface area contributed by atoms with Gasteiger partial charge in [-0.15, -0.1) is 0 Å². The molecule has 0 spiro atoms. The topological polar surface area (TPSA) is 76.1 Å². The summed E-state index contributed by atoms with van der Waals surface area (Å²) in [5.74, 6) is -1.13. The Morgan fingerprint density at radius 1 is 1.19 bits per heavy atom. The molecule has 6 heteroatoms. The first-order valence-electron chi connectivity index (χ1n) is 5.43. The SMILES string of the molecule is O=C(O)C1CN(C(=O)[C@@H]2CCCO2)CCO1. The summed E-state index contributed by atoms with van der Waals surface area (Å²) in [5.41, 5.74) is 0. The normalized spacial score (nSPS) is 30.4. The lowest BCUT2D eigenvalue weighted by atomic mass is 10.2. The van der Waals surface area contributed by atoms with Gasteiger partial charge >= 0.3 is 5.97 Å². The molecule has 2 aliphatic rings. The Hall–Kier alpha value is -1.14. The van der Waals surface area contributed by atoms with E-state index >= 15 is 0 Å². The van der Waals surface area contributed by atoms with Crippen LogP contribution in [0.3, 0.4) is 0 Å². The van der Waals surface area contributed by atoms with Crippen molar-refractivity contribution in [3.05, 3.63) is 0 Å². The van der Waals surface area contributed by atoms with Crippen LogP contribution in [0, 0.1) is 0 Å². The van der Waals surface area contributed by atoms with E-state index in [2.05, 4.69) is 0 Å². The first-order chi connectivity index (χ1) is 7.68. The molecule has 2 saturated heterocycles. The van der Waals surface area contributed by atoms with Crippen molar-refractivity contribution in [2.45, 2.75) is 25.0 Å². The molecule has 0 aromatic heterocycles. The zero-order chi connectivity index (χ0) is 11.5. The Balaban J connectivity index is 1.93. The van der Waals surface area contributed by atoms with Gasteiger partial charge in [0.2, 0.25) is 0 Å². The number of morpholine rings is 1. The van der Waals surface area contributed by atoms with Crippen LogP contribution in [0.5, 0.6) is 0 Å². The number of amides is 1. The second-order valence-electron chi connectivity index (χ2n) is 3.98. The summed E-state index contributed by atoms with van der Waals surface area (Å²) in [6.45, 7) is 1.45. The van der Waals surface area contributed by atoms with E-state index in [1.54, 1.807) is 0 Å². The molecule has 0 aromatic rings. The van der Waals surface area contributed by atoms with Crippen LogP contribution < -0.4 is 0 Å². The van der Waals surface area contributed by atoms with Gasteiger partial charge < -0.3 is 19.5 Å². The summed E-state index contributed by atoms with van der Waals surface area (Å²) in [7, 11) is 0. The lowest BCUT2D eigenvalue weighted by Gasteiger charge is -2.32. The molecule has 0 saturated carbocycles. The third-order valence-electron chi connectivity index (χ3n) is 2.86. The van der Waals surface area contributed by atoms with Gasteiger partial charge in [0, 0.05) is 13.2 Å². The zero-order valence-electron chi connectivity index (χ0n) is 8.92. The number of aliphatic carboxylic acids is 1. The Kier molecular flexibility index (Phi) is 3.40. The minimum Gasteiger partial charge on any atom is -0.479 e. The summed E-state index contributed by atoms with van der Waals surface area (Å²) in [6.07, 6.45) is 0.337. The average Bonchev–Trinajstić information content (AvgIpc) is 2.81. The van der Waals surface area contributed by atoms with E-state index in [1.807, 2.05) is 0 Å². The van der Waals surface area contributed by atoms with E-state index in [1.165, 1.54) is 4.90 Å². The van der Waals surface area contributed by atoms with Gasteiger partial charge in [-0.1, -0.05) is 0 Å². The standard InChI is InChI=1S/C10H15NO5/c12-9(7-2-1-4-15-7)11-3-5-16-8(6-11)10(13)14/h7-8H,1-6H2,(H,13,14)/t7-,8?/m0/s1. The molecule has 2 heterocycles. The maximum atomic E-state index is 11.9. The van der Waals surface area contributed by atoms with Crippen molar-refractivity contribution in [1.29, 1.82) is 0 Å². The highest BCUT2D eigenvalue weighted by molar-refractivity contribution is 5.82. The van der Waals surface area contributed by atoms with Crippen LogP contribution in [0.4, 0.5) is 0 Å². The Morgan fingerprint density at radius 2 is 1.94 bits per heavy atom. The fourth-order valence-electron chi connectivity index (χ4n) is 1.97. The fourth-order valence-corrected chi connectivity index (χ4v) is 1.97. The summed E-state index contributed by atoms with van der Waals surface area (Å²) >= 11 is 0. The number of carboxylic acids is 1. The van der Waals surface area contributed by atoms with Crippen LogP contribution in [0.1, 0.15) is 12.8 Å². The van der Waals surface area contributed by atoms with Crippen LogP contribution in [0.2, 0.25) is 0 Å². The summed E-state index contributed by atoms with van der Waals surface area (Å²) in [4.78, 5) is 24.2. The number of hydrogen-bond donors (Lipinski definition) is 1. The molecule has 2 aliphatic heterocycles. The van der Waals surface area contributed by atoms with Crippen LogP contribution in [-0.2, 0) is 19.1 Å². The Labute approximate surface area is 93.1 Å². The molecular weight excluding hydrogens is 214 g/mol. The largest absolute Gasteiger partial charge is 0.479 e. The van der Waals surface area contributed by atoms with Gasteiger partial charge in [0.25, 0.3) is 5.91 Å². The Morgan fingerprint density at radius 3 is 2.56 bits per heavy atom. The number of ether oxygens (including phenoxy) is 2. The minimum absolute atomic E-state index is 0.105. The lowest BCUT2D eigenvalue weighted by molar-refractivity contribution is -0.162. The molecule has 90 valence electrons. The molecule has 0 aromatic carbocycles. The molecule has 2 atom stereocenters. The molecule has 2 fully saturated rings. The predicted molar refractivity (Wildman–Crippen MR) is 52.9 cm³/mol. The summed E-state index contributed by atoms with van der Waals surface area (Å²) in [6, 6.07) is 0. The van der Waals surface area contributed by atoms with Crippen molar-refractivity contribution in [1.82, 2.24) is 4.90 Å². The van der Waals surface area contributed by atoms with Crippen molar-refractivity contribution in [2.75, 3.05) is 26.3 Å². The second-order valence-corrected chi connectivity index (χ2v) is 3.98. The van der Waals surface area contributed by atoms with Crippen molar-refractivity contribution in [3.8, 4) is 0 Å². The van der Waals surface area contributed by atoms with E-state index < -0.39 is 12.1 Å². The van der Waals surface area contributed by atoms with Crippen molar-refractivity contribution in [2.24, 2.45) is 0 Å². The maximum Gasteiger partial charge on any atom is 0.334 e. The van der Waals surface area contributed by atoms with Crippen molar-refractivity contribution < 1.29 is 24.2 Å². The summed E-state index contributed by atoms with van der Waals surface area (Å²) in [5, 5.41) is 8.81. The highest BCUT2D eigenvalue weighted by Gasteiger charge is 2.33. The molecule has 0 aliphatic carbocycles. The number of carbonyl (C=O) groups is 2. The molecule has 0 bridgehead atoms. The number of carbonyl (C=O) groups excluding carboxylic acids is 1. The molecule has 0 radical (unpaired) electrons. The van der Waals surface area contributed by atoms with Gasteiger partial charge in [-0.2, -0.15) is 0 Å². The van der Waals surface area contributed by atoms with E-state index in [0.29, 0.717) is 13.2 Å². The quantitative estimate of drug-likeness (QED) is 0.689. The first-order valence-corrected chi connectivity index (χ1v) is 5.43. The zero-order valence-corrected chi connectivity index (χ0v) is 8.92. The van der Waals surface area contributed by atoms with Gasteiger partial charge in [0.1, 0.15) is 6.10 Å². The second kappa shape index (κ2) is 4.80. The van der Waals surface area contributed by atoms with Crippen LogP contribution in [0.25, 0.3) is 0 Å². The van der Waals surface area contributed by atoms with Gasteiger partial charge in [-0.3, -0.25) is 4.79 Å². The van der Waals surface area contributed by atoms with E-state index in [0.717, 1.165) is 12.8 Å². The minimum atomic E-state index is -1.02. The van der Waals surface area contributed by atoms with E-state index in [9.17, 15) is 9.59 Å². The predicted octanol–water partition coefficient (Wildman–Crippen LogP) is -0.523. The molecule has 1 N–H and O–H groups in total. The third kappa shape index (κ3) is 2.33. The molecule has 2 rings (SSSR count). The van der Waals surface area contributed by atoms with Gasteiger partial charge in [0.05, 0.1) is 13.2 Å². The fraction of sp³-hybridized carbons (Fsp3) is 0.800. The Bertz CT molecular complexity index is 287. The monoisotopic (exact) mass is 229 g/mol. The van der Waals surface area contributed by atoms with Crippen molar-refractivity contribution in [3.63, 3.8) is 0 Å². The smallest absolute Gasteiger partial charge is 0.334 e. The molecule has 1 amide bonds. The highest BCUT2D eigenvalue weighted by Crippen LogP contribution is 2.16. The maximum absolute atomic E-state index is 11.9. The van der Waals surface area contributed by atoms with E-state index in [4.69, 9.17) is 14.6 Å². The number of hydrogen-bond acceptors (Lipinski definition) is 4. The van der Waals surface area contributed by atoms with Gasteiger partial charge in [-0.25, -0.2) is 4.79 Å². The number of rotatable bonds is 2. The van der Waals surface area contributed by atoms with Crippen molar-refractivity contribution >= 4 is 11.9 Å². The lowest BCUT2D eigenvalue weighted by Crippen LogP contribution is -2.51. The number of nitrogens with zero attached hydrogens (tertiary/aromatic N) is 1. The van der Waals surface area contributed by atoms with Gasteiger partial charge in [-0.05, 0) is 12.8 Å². The molecule has 16 heavy (non-hydrogen) atoms. The van der Waals surface area contributed by atoms with Gasteiger partial charge in [0.15, 0.2) is 6.10 Å². The first kappa shape index (κ1) is 11.3. The highest BCUT2D eigenvalue weighted by atomic mass is 16.5.